The Bertz CT molecular complexity index is 492. The fourth-order valence-electron chi connectivity index (χ4n) is 1.50. The number of Topliss-reactive ketones (excluding diaryl/α,β-unsaturated/α-hetero) is 1. The maximum atomic E-state index is 12.9. The van der Waals surface area contributed by atoms with Crippen LogP contribution in [0.3, 0.4) is 0 Å². The van der Waals surface area contributed by atoms with Crippen LogP contribution in [0.5, 0.6) is 0 Å². The second-order valence-electron chi connectivity index (χ2n) is 3.91. The van der Waals surface area contributed by atoms with E-state index >= 15 is 0 Å². The highest BCUT2D eigenvalue weighted by molar-refractivity contribution is 9.10. The third-order valence-corrected chi connectivity index (χ3v) is 2.95. The molecule has 0 spiro atoms. The Morgan fingerprint density at radius 1 is 1.10 bits per heavy atom. The van der Waals surface area contributed by atoms with Gasteiger partial charge < -0.3 is 0 Å². The molecule has 0 saturated carbocycles. The zero-order valence-electron chi connectivity index (χ0n) is 9.45. The normalized spacial score (nSPS) is 12.8. The average molecular weight is 367 g/mol. The van der Waals surface area contributed by atoms with E-state index in [9.17, 15) is 35.5 Å². The van der Waals surface area contributed by atoms with Gasteiger partial charge >= 0.3 is 12.4 Å². The molecule has 1 aromatic rings. The molecule has 0 fully saturated rings. The van der Waals surface area contributed by atoms with Crippen molar-refractivity contribution < 1.29 is 35.5 Å². The smallest absolute Gasteiger partial charge is 0.298 e. The van der Waals surface area contributed by atoms with Gasteiger partial charge in [-0.3, -0.25) is 4.79 Å². The predicted octanol–water partition coefficient (Wildman–Crippen LogP) is 4.44. The molecule has 9 heteroatoms. The quantitative estimate of drug-likeness (QED) is 0.722. The van der Waals surface area contributed by atoms with Gasteiger partial charge in [-0.05, 0) is 33.6 Å². The molecule has 0 N–H and O–H groups in total. The minimum atomic E-state index is -5.72. The lowest BCUT2D eigenvalue weighted by atomic mass is 9.97. The van der Waals surface area contributed by atoms with Crippen LogP contribution < -0.4 is 0 Å². The molecule has 0 aliphatic heterocycles. The highest BCUT2D eigenvalue weighted by atomic mass is 79.9. The number of halogens is 8. The SMILES string of the molecule is O=C(Cc1ccc(F)c(Br)c1)C(C(F)(F)F)C(F)(F)F. The van der Waals surface area contributed by atoms with Crippen LogP contribution in [0.1, 0.15) is 5.56 Å². The van der Waals surface area contributed by atoms with E-state index in [1.807, 2.05) is 0 Å². The van der Waals surface area contributed by atoms with E-state index in [2.05, 4.69) is 15.9 Å². The molecule has 0 unspecified atom stereocenters. The van der Waals surface area contributed by atoms with E-state index in [-0.39, 0.29) is 10.0 Å². The fourth-order valence-corrected chi connectivity index (χ4v) is 1.93. The first-order valence-electron chi connectivity index (χ1n) is 5.03. The van der Waals surface area contributed by atoms with E-state index in [0.29, 0.717) is 0 Å². The first-order chi connectivity index (χ1) is 8.93. The Kier molecular flexibility index (Phi) is 4.83. The summed E-state index contributed by atoms with van der Waals surface area (Å²) in [6.45, 7) is 0. The number of alkyl halides is 6. The van der Waals surface area contributed by atoms with Gasteiger partial charge in [-0.25, -0.2) is 4.39 Å². The van der Waals surface area contributed by atoms with Crippen LogP contribution in [0.2, 0.25) is 0 Å². The van der Waals surface area contributed by atoms with Crippen molar-refractivity contribution in [2.75, 3.05) is 0 Å². The van der Waals surface area contributed by atoms with E-state index in [4.69, 9.17) is 0 Å². The van der Waals surface area contributed by atoms with E-state index in [1.54, 1.807) is 0 Å². The number of ketones is 1. The van der Waals surface area contributed by atoms with Crippen molar-refractivity contribution in [1.82, 2.24) is 0 Å². The molecule has 0 bridgehead atoms. The molecule has 0 aliphatic carbocycles. The predicted molar refractivity (Wildman–Crippen MR) is 58.4 cm³/mol. The summed E-state index contributed by atoms with van der Waals surface area (Å²) in [4.78, 5) is 11.3. The molecule has 0 heterocycles. The summed E-state index contributed by atoms with van der Waals surface area (Å²) in [5.74, 6) is -6.83. The summed E-state index contributed by atoms with van der Waals surface area (Å²) < 4.78 is 86.5. The molecule has 0 radical (unpaired) electrons. The molecule has 1 aromatic carbocycles. The largest absolute Gasteiger partial charge is 0.407 e. The minimum absolute atomic E-state index is 0.151. The topological polar surface area (TPSA) is 17.1 Å². The van der Waals surface area contributed by atoms with Gasteiger partial charge in [0.05, 0.1) is 4.47 Å². The van der Waals surface area contributed by atoms with Crippen molar-refractivity contribution >= 4 is 21.7 Å². The first kappa shape index (κ1) is 16.9. The van der Waals surface area contributed by atoms with Crippen LogP contribution >= 0.6 is 15.9 Å². The minimum Gasteiger partial charge on any atom is -0.298 e. The zero-order chi connectivity index (χ0) is 15.7. The fraction of sp³-hybridized carbons (Fsp3) is 0.364. The van der Waals surface area contributed by atoms with Gasteiger partial charge in [0.15, 0.2) is 5.78 Å². The Morgan fingerprint density at radius 3 is 2.00 bits per heavy atom. The van der Waals surface area contributed by atoms with E-state index < -0.39 is 36.3 Å². The number of carbonyl (C=O) groups excluding carboxylic acids is 1. The van der Waals surface area contributed by atoms with Crippen LogP contribution in [-0.2, 0) is 11.2 Å². The molecule has 0 amide bonds. The summed E-state index contributed by atoms with van der Waals surface area (Å²) in [6, 6.07) is 2.74. The van der Waals surface area contributed by atoms with Crippen molar-refractivity contribution in [3.05, 3.63) is 34.1 Å². The Balaban J connectivity index is 3.00. The van der Waals surface area contributed by atoms with Crippen LogP contribution in [0, 0.1) is 11.7 Å². The maximum absolute atomic E-state index is 12.9. The summed E-state index contributed by atoms with van der Waals surface area (Å²) in [7, 11) is 0. The van der Waals surface area contributed by atoms with Crippen LogP contribution in [0.25, 0.3) is 0 Å². The molecule has 0 atom stereocenters. The molecule has 112 valence electrons. The van der Waals surface area contributed by atoms with Crippen molar-refractivity contribution in [3.63, 3.8) is 0 Å². The van der Waals surface area contributed by atoms with Crippen molar-refractivity contribution in [2.24, 2.45) is 5.92 Å². The molecule has 1 nitrogen and oxygen atoms in total. The van der Waals surface area contributed by atoms with Crippen molar-refractivity contribution in [3.8, 4) is 0 Å². The first-order valence-corrected chi connectivity index (χ1v) is 5.82. The van der Waals surface area contributed by atoms with E-state index in [0.717, 1.165) is 18.2 Å². The number of benzene rings is 1. The van der Waals surface area contributed by atoms with Gasteiger partial charge in [-0.1, -0.05) is 6.07 Å². The lowest BCUT2D eigenvalue weighted by Gasteiger charge is -2.21. The molecule has 20 heavy (non-hydrogen) atoms. The van der Waals surface area contributed by atoms with Gasteiger partial charge in [0.1, 0.15) is 5.82 Å². The Labute approximate surface area is 116 Å². The standard InChI is InChI=1S/C11H6BrF7O/c12-6-3-5(1-2-7(6)13)4-8(20)9(10(14,15)16)11(17,18)19/h1-3,9H,4H2. The number of rotatable bonds is 3. The van der Waals surface area contributed by atoms with Crippen LogP contribution in [0.15, 0.2) is 22.7 Å². The van der Waals surface area contributed by atoms with Gasteiger partial charge in [-0.2, -0.15) is 26.3 Å². The van der Waals surface area contributed by atoms with Gasteiger partial charge in [0.25, 0.3) is 0 Å². The van der Waals surface area contributed by atoms with Crippen LogP contribution in [0.4, 0.5) is 30.7 Å². The third kappa shape index (κ3) is 4.19. The molecular formula is C11H6BrF7O. The average Bonchev–Trinajstić information content (AvgIpc) is 2.18. The van der Waals surface area contributed by atoms with Crippen LogP contribution in [-0.4, -0.2) is 18.1 Å². The number of hydrogen-bond donors (Lipinski definition) is 0. The monoisotopic (exact) mass is 366 g/mol. The summed E-state index contributed by atoms with van der Waals surface area (Å²) in [5.41, 5.74) is -0.151. The second-order valence-corrected chi connectivity index (χ2v) is 4.76. The third-order valence-electron chi connectivity index (χ3n) is 2.34. The van der Waals surface area contributed by atoms with Crippen molar-refractivity contribution in [1.29, 1.82) is 0 Å². The van der Waals surface area contributed by atoms with Gasteiger partial charge in [0, 0.05) is 6.42 Å². The zero-order valence-corrected chi connectivity index (χ0v) is 11.0. The molecule has 0 saturated heterocycles. The molecular weight excluding hydrogens is 361 g/mol. The van der Waals surface area contributed by atoms with Gasteiger partial charge in [0.2, 0.25) is 5.92 Å². The van der Waals surface area contributed by atoms with E-state index in [1.165, 1.54) is 0 Å². The second kappa shape index (κ2) is 5.71. The lowest BCUT2D eigenvalue weighted by Crippen LogP contribution is -2.43. The highest BCUT2D eigenvalue weighted by Gasteiger charge is 2.60. The Morgan fingerprint density at radius 2 is 1.60 bits per heavy atom. The van der Waals surface area contributed by atoms with Crippen molar-refractivity contribution in [2.45, 2.75) is 18.8 Å². The molecule has 0 aliphatic rings. The Hall–Kier alpha value is -1.12. The lowest BCUT2D eigenvalue weighted by molar-refractivity contribution is -0.273. The molecule has 1 rings (SSSR count). The summed E-state index contributed by atoms with van der Waals surface area (Å²) >= 11 is 2.72. The summed E-state index contributed by atoms with van der Waals surface area (Å²) in [5, 5.41) is 0. The highest BCUT2D eigenvalue weighted by Crippen LogP contribution is 2.40. The molecule has 0 aromatic heterocycles. The summed E-state index contributed by atoms with van der Waals surface area (Å²) in [6.07, 6.45) is -12.5. The maximum Gasteiger partial charge on any atom is 0.407 e. The van der Waals surface area contributed by atoms with Gasteiger partial charge in [-0.15, -0.1) is 0 Å². The number of hydrogen-bond acceptors (Lipinski definition) is 1. The number of carbonyl (C=O) groups is 1.